The van der Waals surface area contributed by atoms with Crippen LogP contribution in [-0.4, -0.2) is 39.2 Å². The zero-order valence-electron chi connectivity index (χ0n) is 20.7. The van der Waals surface area contributed by atoms with E-state index in [9.17, 15) is 18.0 Å². The molecule has 3 aromatic carbocycles. The number of fused-ring (bicyclic) bond motifs is 1. The van der Waals surface area contributed by atoms with Gasteiger partial charge in [-0.05, 0) is 65.8 Å². The van der Waals surface area contributed by atoms with Crippen LogP contribution in [0.15, 0.2) is 71.6 Å². The Balaban J connectivity index is 1.26. The van der Waals surface area contributed by atoms with Gasteiger partial charge in [0.1, 0.15) is 5.78 Å². The lowest BCUT2D eigenvalue weighted by atomic mass is 9.87. The fraction of sp³-hybridized carbons (Fsp3) is 0.310. The van der Waals surface area contributed by atoms with Crippen LogP contribution in [0.4, 0.5) is 0 Å². The maximum atomic E-state index is 13.4. The van der Waals surface area contributed by atoms with Crippen LogP contribution in [0.1, 0.15) is 37.3 Å². The van der Waals surface area contributed by atoms with Crippen LogP contribution < -0.4 is 14.8 Å². The van der Waals surface area contributed by atoms with Gasteiger partial charge in [0.05, 0.1) is 16.1 Å². The Morgan fingerprint density at radius 1 is 0.919 bits per heavy atom. The van der Waals surface area contributed by atoms with Gasteiger partial charge in [-0.3, -0.25) is 9.59 Å². The maximum Gasteiger partial charge on any atom is 0.231 e. The van der Waals surface area contributed by atoms with Crippen molar-refractivity contribution in [3.05, 3.63) is 77.9 Å². The Kier molecular flexibility index (Phi) is 6.77. The third kappa shape index (κ3) is 5.39. The van der Waals surface area contributed by atoms with E-state index in [0.717, 1.165) is 35.1 Å². The predicted octanol–water partition coefficient (Wildman–Crippen LogP) is 4.23. The number of hydrogen-bond donors (Lipinski definition) is 1. The highest BCUT2D eigenvalue weighted by atomic mass is 32.2. The van der Waals surface area contributed by atoms with Crippen molar-refractivity contribution in [2.75, 3.05) is 19.1 Å². The van der Waals surface area contributed by atoms with Gasteiger partial charge in [0.25, 0.3) is 0 Å². The van der Waals surface area contributed by atoms with E-state index in [2.05, 4.69) is 5.32 Å². The number of ketones is 1. The minimum absolute atomic E-state index is 0.0324. The summed E-state index contributed by atoms with van der Waals surface area (Å²) in [5, 5.41) is 2.61. The van der Waals surface area contributed by atoms with Crippen molar-refractivity contribution in [3.63, 3.8) is 0 Å². The average Bonchev–Trinajstić information content (AvgIpc) is 3.57. The molecule has 0 spiro atoms. The van der Waals surface area contributed by atoms with Crippen LogP contribution in [0, 0.1) is 0 Å². The molecule has 37 heavy (non-hydrogen) atoms. The fourth-order valence-electron chi connectivity index (χ4n) is 4.76. The average molecular weight is 520 g/mol. The van der Waals surface area contributed by atoms with Crippen molar-refractivity contribution < 1.29 is 27.5 Å². The van der Waals surface area contributed by atoms with Gasteiger partial charge in [-0.25, -0.2) is 8.42 Å². The van der Waals surface area contributed by atoms with Crippen LogP contribution in [-0.2, 0) is 31.3 Å². The van der Waals surface area contributed by atoms with E-state index in [1.54, 1.807) is 24.3 Å². The summed E-state index contributed by atoms with van der Waals surface area (Å²) in [5.41, 5.74) is 3.24. The van der Waals surface area contributed by atoms with Gasteiger partial charge in [-0.2, -0.15) is 0 Å². The SMILES string of the molecule is CC(=O)NCCCS(=O)(=O)c1ccc(-c2cccc(CC(=O)C3(c4ccc5c(c4)OCO5)CC3)c2)cc1. The number of sulfone groups is 1. The molecule has 1 aliphatic carbocycles. The number of benzene rings is 3. The van der Waals surface area contributed by atoms with Crippen molar-refractivity contribution in [1.29, 1.82) is 0 Å². The summed E-state index contributed by atoms with van der Waals surface area (Å²) >= 11 is 0. The van der Waals surface area contributed by atoms with Gasteiger partial charge in [-0.15, -0.1) is 0 Å². The number of rotatable bonds is 10. The van der Waals surface area contributed by atoms with Gasteiger partial charge < -0.3 is 14.8 Å². The van der Waals surface area contributed by atoms with E-state index in [1.807, 2.05) is 42.5 Å². The molecule has 1 amide bonds. The zero-order chi connectivity index (χ0) is 26.0. The number of ether oxygens (including phenoxy) is 2. The van der Waals surface area contributed by atoms with Crippen LogP contribution in [0.3, 0.4) is 0 Å². The van der Waals surface area contributed by atoms with E-state index >= 15 is 0 Å². The number of Topliss-reactive ketones (excluding diaryl/α,β-unsaturated/α-hetero) is 1. The van der Waals surface area contributed by atoms with E-state index in [1.165, 1.54) is 6.92 Å². The zero-order valence-corrected chi connectivity index (χ0v) is 21.5. The molecule has 0 unspecified atom stereocenters. The molecule has 2 aliphatic rings. The largest absolute Gasteiger partial charge is 0.454 e. The molecule has 0 aromatic heterocycles. The van der Waals surface area contributed by atoms with E-state index in [4.69, 9.17) is 9.47 Å². The van der Waals surface area contributed by atoms with E-state index < -0.39 is 15.3 Å². The van der Waals surface area contributed by atoms with Gasteiger partial charge in [0.15, 0.2) is 21.3 Å². The smallest absolute Gasteiger partial charge is 0.231 e. The standard InChI is InChI=1S/C29H29NO6S/c1-20(31)30-14-3-15-37(33,34)25-9-6-22(7-10-25)23-5-2-4-21(16-23)17-28(32)29(12-13-29)24-8-11-26-27(18-24)36-19-35-26/h2,4-11,16,18H,3,12-15,17,19H2,1H3,(H,30,31). The van der Waals surface area contributed by atoms with Crippen molar-refractivity contribution in [2.24, 2.45) is 0 Å². The lowest BCUT2D eigenvalue weighted by Gasteiger charge is -2.15. The van der Waals surface area contributed by atoms with Gasteiger partial charge in [0, 0.05) is 19.9 Å². The minimum atomic E-state index is -3.43. The quantitative estimate of drug-likeness (QED) is 0.403. The third-order valence-electron chi connectivity index (χ3n) is 7.01. The molecule has 7 nitrogen and oxygen atoms in total. The van der Waals surface area contributed by atoms with Crippen LogP contribution in [0.2, 0.25) is 0 Å². The van der Waals surface area contributed by atoms with Gasteiger partial charge in [0.2, 0.25) is 12.7 Å². The predicted molar refractivity (Wildman–Crippen MR) is 139 cm³/mol. The second-order valence-corrected chi connectivity index (χ2v) is 11.7. The molecule has 1 aliphatic heterocycles. The topological polar surface area (TPSA) is 98.8 Å². The number of nitrogens with one attached hydrogen (secondary N) is 1. The lowest BCUT2D eigenvalue weighted by Crippen LogP contribution is -2.23. The molecule has 0 radical (unpaired) electrons. The van der Waals surface area contributed by atoms with Crippen molar-refractivity contribution in [2.45, 2.75) is 42.9 Å². The monoisotopic (exact) mass is 519 g/mol. The second kappa shape index (κ2) is 10.0. The molecule has 5 rings (SSSR count). The fourth-order valence-corrected chi connectivity index (χ4v) is 6.07. The summed E-state index contributed by atoms with van der Waals surface area (Å²) < 4.78 is 36.1. The molecule has 192 valence electrons. The summed E-state index contributed by atoms with van der Waals surface area (Å²) in [6, 6.07) is 20.4. The van der Waals surface area contributed by atoms with Crippen LogP contribution >= 0.6 is 0 Å². The molecule has 0 atom stereocenters. The first-order valence-electron chi connectivity index (χ1n) is 12.4. The number of carbonyl (C=O) groups is 2. The maximum absolute atomic E-state index is 13.4. The molecular formula is C29H29NO6S. The third-order valence-corrected chi connectivity index (χ3v) is 8.83. The number of hydrogen-bond acceptors (Lipinski definition) is 6. The highest BCUT2D eigenvalue weighted by molar-refractivity contribution is 7.91. The Morgan fingerprint density at radius 2 is 1.68 bits per heavy atom. The first-order valence-corrected chi connectivity index (χ1v) is 14.0. The Hall–Kier alpha value is -3.65. The molecule has 8 heteroatoms. The summed E-state index contributed by atoms with van der Waals surface area (Å²) in [6.07, 6.45) is 2.33. The first kappa shape index (κ1) is 25.0. The van der Waals surface area contributed by atoms with Gasteiger partial charge in [-0.1, -0.05) is 42.5 Å². The molecule has 3 aromatic rings. The second-order valence-electron chi connectivity index (χ2n) is 9.63. The summed E-state index contributed by atoms with van der Waals surface area (Å²) in [6.45, 7) is 1.94. The molecular weight excluding hydrogens is 490 g/mol. The normalized spacial score (nSPS) is 15.3. The van der Waals surface area contributed by atoms with E-state index in [-0.39, 0.29) is 29.1 Å². The minimum Gasteiger partial charge on any atom is -0.454 e. The van der Waals surface area contributed by atoms with Gasteiger partial charge >= 0.3 is 0 Å². The Labute approximate surface area is 216 Å². The molecule has 0 bridgehead atoms. The highest BCUT2D eigenvalue weighted by Crippen LogP contribution is 2.51. The highest BCUT2D eigenvalue weighted by Gasteiger charge is 2.50. The lowest BCUT2D eigenvalue weighted by molar-refractivity contribution is -0.121. The van der Waals surface area contributed by atoms with Crippen LogP contribution in [0.25, 0.3) is 11.1 Å². The number of carbonyl (C=O) groups excluding carboxylic acids is 2. The molecule has 1 fully saturated rings. The molecule has 1 N–H and O–H groups in total. The Morgan fingerprint density at radius 3 is 2.41 bits per heavy atom. The van der Waals surface area contributed by atoms with Crippen molar-refractivity contribution in [1.82, 2.24) is 5.32 Å². The summed E-state index contributed by atoms with van der Waals surface area (Å²) in [5.74, 6) is 1.38. The molecule has 0 saturated heterocycles. The van der Waals surface area contributed by atoms with Crippen molar-refractivity contribution >= 4 is 21.5 Å². The number of amides is 1. The first-order chi connectivity index (χ1) is 17.8. The Bertz CT molecular complexity index is 1440. The van der Waals surface area contributed by atoms with E-state index in [0.29, 0.717) is 30.9 Å². The summed E-state index contributed by atoms with van der Waals surface area (Å²) in [7, 11) is -3.43. The molecule has 1 saturated carbocycles. The summed E-state index contributed by atoms with van der Waals surface area (Å²) in [4.78, 5) is 24.6. The molecule has 1 heterocycles. The van der Waals surface area contributed by atoms with Crippen LogP contribution in [0.5, 0.6) is 11.5 Å². The van der Waals surface area contributed by atoms with Crippen molar-refractivity contribution in [3.8, 4) is 22.6 Å².